The molecule has 1 N–H and O–H groups in total. The van der Waals surface area contributed by atoms with Gasteiger partial charge in [-0.05, 0) is 71.7 Å². The highest BCUT2D eigenvalue weighted by molar-refractivity contribution is 5.36. The molecule has 102 valence electrons. The minimum atomic E-state index is 0.190. The van der Waals surface area contributed by atoms with Gasteiger partial charge in [0.2, 0.25) is 0 Å². The Morgan fingerprint density at radius 1 is 1.22 bits per heavy atom. The average Bonchev–Trinajstić information content (AvgIpc) is 2.19. The van der Waals surface area contributed by atoms with Crippen LogP contribution in [0.25, 0.3) is 0 Å². The Bertz CT molecular complexity index is 377. The minimum absolute atomic E-state index is 0.190. The molecule has 0 atom stereocenters. The summed E-state index contributed by atoms with van der Waals surface area (Å²) in [7, 11) is 0. The maximum absolute atomic E-state index is 5.74. The molecule has 0 amide bonds. The van der Waals surface area contributed by atoms with Crippen molar-refractivity contribution in [2.24, 2.45) is 0 Å². The number of rotatable bonds is 5. The number of ether oxygens (including phenoxy) is 1. The fourth-order valence-electron chi connectivity index (χ4n) is 1.84. The molecule has 2 nitrogen and oxygen atoms in total. The van der Waals surface area contributed by atoms with Crippen LogP contribution in [0.5, 0.6) is 5.75 Å². The van der Waals surface area contributed by atoms with Crippen molar-refractivity contribution in [2.75, 3.05) is 6.54 Å². The van der Waals surface area contributed by atoms with Gasteiger partial charge in [-0.2, -0.15) is 0 Å². The van der Waals surface area contributed by atoms with Gasteiger partial charge in [-0.3, -0.25) is 0 Å². The molecule has 1 aromatic carbocycles. The van der Waals surface area contributed by atoms with E-state index in [-0.39, 0.29) is 11.6 Å². The first kappa shape index (κ1) is 15.0. The Hall–Kier alpha value is -1.02. The van der Waals surface area contributed by atoms with Gasteiger partial charge in [0.05, 0.1) is 6.10 Å². The summed E-state index contributed by atoms with van der Waals surface area (Å²) in [5.74, 6) is 0.998. The zero-order chi connectivity index (χ0) is 13.8. The van der Waals surface area contributed by atoms with Crippen LogP contribution in [0.3, 0.4) is 0 Å². The van der Waals surface area contributed by atoms with Crippen molar-refractivity contribution in [3.05, 3.63) is 29.3 Å². The van der Waals surface area contributed by atoms with E-state index in [4.69, 9.17) is 4.74 Å². The smallest absolute Gasteiger partial charge is 0.122 e. The lowest BCUT2D eigenvalue weighted by Crippen LogP contribution is -2.37. The summed E-state index contributed by atoms with van der Waals surface area (Å²) in [6, 6.07) is 6.47. The molecule has 0 saturated heterocycles. The van der Waals surface area contributed by atoms with Gasteiger partial charge < -0.3 is 10.1 Å². The topological polar surface area (TPSA) is 21.3 Å². The van der Waals surface area contributed by atoms with E-state index in [0.29, 0.717) is 0 Å². The molecule has 0 fully saturated rings. The number of aryl methyl sites for hydroxylation is 1. The molecule has 1 aromatic rings. The Labute approximate surface area is 112 Å². The zero-order valence-corrected chi connectivity index (χ0v) is 12.6. The van der Waals surface area contributed by atoms with E-state index in [2.05, 4.69) is 65.1 Å². The fraction of sp³-hybridized carbons (Fsp3) is 0.625. The lowest BCUT2D eigenvalue weighted by molar-refractivity contribution is 0.240. The number of nitrogens with one attached hydrogen (secondary N) is 1. The van der Waals surface area contributed by atoms with Gasteiger partial charge >= 0.3 is 0 Å². The molecule has 0 bridgehead atoms. The molecule has 0 aliphatic carbocycles. The molecular weight excluding hydrogens is 222 g/mol. The van der Waals surface area contributed by atoms with Gasteiger partial charge in [0, 0.05) is 5.54 Å². The largest absolute Gasteiger partial charge is 0.491 e. The van der Waals surface area contributed by atoms with Crippen molar-refractivity contribution in [3.8, 4) is 5.75 Å². The summed E-state index contributed by atoms with van der Waals surface area (Å²) in [5, 5.41) is 3.51. The van der Waals surface area contributed by atoms with E-state index >= 15 is 0 Å². The van der Waals surface area contributed by atoms with Gasteiger partial charge in [0.15, 0.2) is 0 Å². The normalized spacial score (nSPS) is 11.9. The first-order valence-electron chi connectivity index (χ1n) is 6.79. The molecule has 0 heterocycles. The standard InChI is InChI=1S/C16H27NO/c1-12(2)18-15-8-7-14(11-13(15)3)9-10-17-16(4,5)6/h7-8,11-12,17H,9-10H2,1-6H3. The maximum Gasteiger partial charge on any atom is 0.122 e. The highest BCUT2D eigenvalue weighted by Crippen LogP contribution is 2.20. The first-order chi connectivity index (χ1) is 8.28. The van der Waals surface area contributed by atoms with E-state index in [1.165, 1.54) is 11.1 Å². The van der Waals surface area contributed by atoms with E-state index in [1.807, 2.05) is 0 Å². The van der Waals surface area contributed by atoms with Crippen LogP contribution in [-0.4, -0.2) is 18.2 Å². The lowest BCUT2D eigenvalue weighted by Gasteiger charge is -2.20. The van der Waals surface area contributed by atoms with E-state index in [0.717, 1.165) is 18.7 Å². The molecule has 0 unspecified atom stereocenters. The average molecular weight is 249 g/mol. The summed E-state index contributed by atoms with van der Waals surface area (Å²) in [4.78, 5) is 0. The number of hydrogen-bond donors (Lipinski definition) is 1. The molecule has 18 heavy (non-hydrogen) atoms. The molecule has 1 rings (SSSR count). The molecule has 0 aliphatic rings. The summed E-state index contributed by atoms with van der Waals surface area (Å²) >= 11 is 0. The minimum Gasteiger partial charge on any atom is -0.491 e. The van der Waals surface area contributed by atoms with Crippen LogP contribution in [0.4, 0.5) is 0 Å². The Balaban J connectivity index is 2.56. The second-order valence-electron chi connectivity index (χ2n) is 6.19. The van der Waals surface area contributed by atoms with E-state index < -0.39 is 0 Å². The SMILES string of the molecule is Cc1cc(CCNC(C)(C)C)ccc1OC(C)C. The Kier molecular flexibility index (Phi) is 5.21. The van der Waals surface area contributed by atoms with Gasteiger partial charge in [-0.15, -0.1) is 0 Å². The number of benzene rings is 1. The van der Waals surface area contributed by atoms with Gasteiger partial charge in [0.25, 0.3) is 0 Å². The van der Waals surface area contributed by atoms with Crippen LogP contribution in [0.15, 0.2) is 18.2 Å². The quantitative estimate of drug-likeness (QED) is 0.859. The monoisotopic (exact) mass is 249 g/mol. The van der Waals surface area contributed by atoms with Crippen LogP contribution < -0.4 is 10.1 Å². The molecular formula is C16H27NO. The van der Waals surface area contributed by atoms with Crippen molar-refractivity contribution >= 4 is 0 Å². The van der Waals surface area contributed by atoms with E-state index in [9.17, 15) is 0 Å². The summed E-state index contributed by atoms with van der Waals surface area (Å²) in [6.07, 6.45) is 1.29. The molecule has 0 spiro atoms. The first-order valence-corrected chi connectivity index (χ1v) is 6.79. The Morgan fingerprint density at radius 3 is 2.39 bits per heavy atom. The highest BCUT2D eigenvalue weighted by atomic mass is 16.5. The lowest BCUT2D eigenvalue weighted by atomic mass is 10.1. The third-order valence-corrected chi connectivity index (χ3v) is 2.67. The molecule has 0 saturated carbocycles. The van der Waals surface area contributed by atoms with Gasteiger partial charge in [-0.1, -0.05) is 12.1 Å². The number of hydrogen-bond acceptors (Lipinski definition) is 2. The van der Waals surface area contributed by atoms with Crippen LogP contribution in [0.1, 0.15) is 45.7 Å². The van der Waals surface area contributed by atoms with Gasteiger partial charge in [-0.25, -0.2) is 0 Å². The third kappa shape index (κ3) is 5.54. The van der Waals surface area contributed by atoms with Crippen LogP contribution in [-0.2, 0) is 6.42 Å². The molecule has 0 radical (unpaired) electrons. The summed E-state index contributed by atoms with van der Waals surface area (Å²) in [5.41, 5.74) is 2.77. The summed E-state index contributed by atoms with van der Waals surface area (Å²) in [6.45, 7) is 13.8. The second-order valence-corrected chi connectivity index (χ2v) is 6.19. The Morgan fingerprint density at radius 2 is 1.89 bits per heavy atom. The van der Waals surface area contributed by atoms with Crippen molar-refractivity contribution < 1.29 is 4.74 Å². The molecule has 0 aliphatic heterocycles. The van der Waals surface area contributed by atoms with Crippen molar-refractivity contribution in [2.45, 2.75) is 59.6 Å². The predicted octanol–water partition coefficient (Wildman–Crippen LogP) is 3.71. The van der Waals surface area contributed by atoms with Gasteiger partial charge in [0.1, 0.15) is 5.75 Å². The third-order valence-electron chi connectivity index (χ3n) is 2.67. The maximum atomic E-state index is 5.74. The molecule has 0 aromatic heterocycles. The fourth-order valence-corrected chi connectivity index (χ4v) is 1.84. The van der Waals surface area contributed by atoms with Crippen LogP contribution in [0.2, 0.25) is 0 Å². The van der Waals surface area contributed by atoms with Crippen molar-refractivity contribution in [3.63, 3.8) is 0 Å². The predicted molar refractivity (Wildman–Crippen MR) is 78.4 cm³/mol. The van der Waals surface area contributed by atoms with Crippen LogP contribution >= 0.6 is 0 Å². The molecule has 2 heteroatoms. The zero-order valence-electron chi connectivity index (χ0n) is 12.6. The van der Waals surface area contributed by atoms with E-state index in [1.54, 1.807) is 0 Å². The van der Waals surface area contributed by atoms with Crippen LogP contribution in [0, 0.1) is 6.92 Å². The highest BCUT2D eigenvalue weighted by Gasteiger charge is 2.08. The second kappa shape index (κ2) is 6.24. The summed E-state index contributed by atoms with van der Waals surface area (Å²) < 4.78 is 5.74. The van der Waals surface area contributed by atoms with Crippen molar-refractivity contribution in [1.29, 1.82) is 0 Å². The van der Waals surface area contributed by atoms with Crippen molar-refractivity contribution in [1.82, 2.24) is 5.32 Å².